The normalized spacial score (nSPS) is 26.0. The van der Waals surface area contributed by atoms with Crippen LogP contribution >= 0.6 is 11.6 Å². The number of anilines is 1. The first-order valence-electron chi connectivity index (χ1n) is 11.3. The van der Waals surface area contributed by atoms with E-state index in [1.54, 1.807) is 12.4 Å². The van der Waals surface area contributed by atoms with Gasteiger partial charge < -0.3 is 14.5 Å². The van der Waals surface area contributed by atoms with Gasteiger partial charge in [0.25, 0.3) is 0 Å². The van der Waals surface area contributed by atoms with Crippen LogP contribution in [0.2, 0.25) is 5.02 Å². The van der Waals surface area contributed by atoms with Gasteiger partial charge in [0.15, 0.2) is 0 Å². The first kappa shape index (κ1) is 20.9. The number of likely N-dealkylation sites (tertiary alicyclic amines) is 1. The molecule has 3 fully saturated rings. The van der Waals surface area contributed by atoms with Crippen molar-refractivity contribution in [3.63, 3.8) is 0 Å². The van der Waals surface area contributed by atoms with E-state index >= 15 is 0 Å². The average Bonchev–Trinajstić information content (AvgIpc) is 3.54. The molecule has 2 unspecified atom stereocenters. The van der Waals surface area contributed by atoms with Crippen LogP contribution in [-0.2, 0) is 9.53 Å². The van der Waals surface area contributed by atoms with Crippen LogP contribution < -0.4 is 4.90 Å². The van der Waals surface area contributed by atoms with Gasteiger partial charge >= 0.3 is 0 Å². The predicted octanol–water partition coefficient (Wildman–Crippen LogP) is 3.79. The van der Waals surface area contributed by atoms with Gasteiger partial charge in [0, 0.05) is 39.2 Å². The van der Waals surface area contributed by atoms with E-state index in [9.17, 15) is 4.79 Å². The number of ether oxygens (including phenoxy) is 1. The van der Waals surface area contributed by atoms with Gasteiger partial charge in [0.2, 0.25) is 11.9 Å². The third-order valence-electron chi connectivity index (χ3n) is 6.95. The molecule has 0 bridgehead atoms. The van der Waals surface area contributed by atoms with Crippen LogP contribution in [0.5, 0.6) is 0 Å². The van der Waals surface area contributed by atoms with Gasteiger partial charge in [-0.15, -0.1) is 0 Å². The first-order valence-corrected chi connectivity index (χ1v) is 11.6. The summed E-state index contributed by atoms with van der Waals surface area (Å²) in [6.45, 7) is 6.62. The molecule has 1 saturated carbocycles. The second-order valence-electron chi connectivity index (χ2n) is 8.78. The average molecular weight is 421 g/mol. The smallest absolute Gasteiger partial charge is 0.225 e. The van der Waals surface area contributed by atoms with Crippen molar-refractivity contribution < 1.29 is 9.53 Å². The molecule has 160 valence electrons. The Morgan fingerprint density at radius 3 is 2.48 bits per heavy atom. The quantitative estimate of drug-likeness (QED) is 0.671. The van der Waals surface area contributed by atoms with Crippen LogP contribution in [-0.4, -0.2) is 59.7 Å². The third kappa shape index (κ3) is 5.40. The number of aromatic nitrogens is 2. The zero-order valence-corrected chi connectivity index (χ0v) is 18.2. The third-order valence-corrected chi connectivity index (χ3v) is 7.15. The lowest BCUT2D eigenvalue weighted by Crippen LogP contribution is -2.40. The molecule has 0 spiro atoms. The highest BCUT2D eigenvalue weighted by atomic mass is 35.5. The minimum absolute atomic E-state index is 0.276. The molecule has 4 rings (SSSR count). The van der Waals surface area contributed by atoms with Crippen molar-refractivity contribution in [3.05, 3.63) is 17.4 Å². The molecule has 1 aliphatic carbocycles. The second kappa shape index (κ2) is 9.61. The molecule has 0 radical (unpaired) electrons. The predicted molar refractivity (Wildman–Crippen MR) is 114 cm³/mol. The molecule has 2 saturated heterocycles. The number of rotatable bonds is 7. The molecule has 29 heavy (non-hydrogen) atoms. The Balaban J connectivity index is 1.10. The minimum Gasteiger partial charge on any atom is -0.378 e. The van der Waals surface area contributed by atoms with E-state index in [1.807, 2.05) is 11.8 Å². The second-order valence-corrected chi connectivity index (χ2v) is 9.21. The maximum Gasteiger partial charge on any atom is 0.225 e. The molecule has 6 nitrogen and oxygen atoms in total. The van der Waals surface area contributed by atoms with E-state index in [0.29, 0.717) is 17.5 Å². The molecule has 7 heteroatoms. The maximum absolute atomic E-state index is 11.8. The Labute approximate surface area is 179 Å². The van der Waals surface area contributed by atoms with Crippen LogP contribution in [0.1, 0.15) is 51.9 Å². The van der Waals surface area contributed by atoms with Gasteiger partial charge in [-0.3, -0.25) is 4.79 Å². The molecular weight excluding hydrogens is 388 g/mol. The Hall–Kier alpha value is -1.40. The molecule has 0 N–H and O–H groups in total. The Kier molecular flexibility index (Phi) is 6.91. The van der Waals surface area contributed by atoms with Crippen molar-refractivity contribution in [1.82, 2.24) is 14.9 Å². The van der Waals surface area contributed by atoms with Gasteiger partial charge in [0.05, 0.1) is 23.5 Å². The summed E-state index contributed by atoms with van der Waals surface area (Å²) in [5.74, 6) is 3.65. The topological polar surface area (TPSA) is 58.6 Å². The highest BCUT2D eigenvalue weighted by Crippen LogP contribution is 2.49. The maximum atomic E-state index is 11.8. The SMILES string of the molecule is CCC(=O)N1CCC(OCCC2CC2C2CCN(c3ncc(Cl)cn3)CC2)CC1. The monoisotopic (exact) mass is 420 g/mol. The van der Waals surface area contributed by atoms with Gasteiger partial charge in [-0.2, -0.15) is 0 Å². The van der Waals surface area contributed by atoms with E-state index in [2.05, 4.69) is 14.9 Å². The Morgan fingerprint density at radius 1 is 1.14 bits per heavy atom. The summed E-state index contributed by atoms with van der Waals surface area (Å²) in [5, 5.41) is 0.590. The van der Waals surface area contributed by atoms with Crippen LogP contribution in [0.3, 0.4) is 0 Å². The summed E-state index contributed by atoms with van der Waals surface area (Å²) < 4.78 is 6.14. The molecule has 3 aliphatic rings. The fourth-order valence-corrected chi connectivity index (χ4v) is 5.16. The van der Waals surface area contributed by atoms with Crippen molar-refractivity contribution in [2.45, 2.75) is 58.0 Å². The largest absolute Gasteiger partial charge is 0.378 e. The molecule has 1 aromatic heterocycles. The molecular formula is C22H33ClN4O2. The van der Waals surface area contributed by atoms with Crippen molar-refractivity contribution in [2.75, 3.05) is 37.7 Å². The molecule has 2 aliphatic heterocycles. The molecule has 0 aromatic carbocycles. The highest BCUT2D eigenvalue weighted by molar-refractivity contribution is 6.30. The van der Waals surface area contributed by atoms with Crippen molar-refractivity contribution in [3.8, 4) is 0 Å². The number of amides is 1. The number of nitrogens with zero attached hydrogens (tertiary/aromatic N) is 4. The number of hydrogen-bond acceptors (Lipinski definition) is 5. The van der Waals surface area contributed by atoms with Gasteiger partial charge in [0.1, 0.15) is 0 Å². The Bertz CT molecular complexity index is 670. The molecule has 1 aromatic rings. The minimum atomic E-state index is 0.276. The summed E-state index contributed by atoms with van der Waals surface area (Å²) in [5.41, 5.74) is 0. The zero-order chi connectivity index (χ0) is 20.2. The van der Waals surface area contributed by atoms with Crippen LogP contribution in [0.25, 0.3) is 0 Å². The van der Waals surface area contributed by atoms with Gasteiger partial charge in [-0.1, -0.05) is 18.5 Å². The molecule has 2 atom stereocenters. The fourth-order valence-electron chi connectivity index (χ4n) is 5.06. The Morgan fingerprint density at radius 2 is 1.83 bits per heavy atom. The van der Waals surface area contributed by atoms with Crippen molar-refractivity contribution >= 4 is 23.5 Å². The number of carbonyl (C=O) groups excluding carboxylic acids is 1. The standard InChI is InChI=1S/C22H33ClN4O2/c1-2-21(28)26-10-5-19(6-11-26)29-12-7-17-13-20(17)16-3-8-27(9-4-16)22-24-14-18(23)15-25-22/h14-17,19-20H,2-13H2,1H3. The lowest BCUT2D eigenvalue weighted by atomic mass is 9.90. The summed E-state index contributed by atoms with van der Waals surface area (Å²) in [7, 11) is 0. The van der Waals surface area contributed by atoms with Gasteiger partial charge in [-0.25, -0.2) is 9.97 Å². The molecule has 1 amide bonds. The van der Waals surface area contributed by atoms with E-state index in [4.69, 9.17) is 16.3 Å². The van der Waals surface area contributed by atoms with Crippen LogP contribution in [0.15, 0.2) is 12.4 Å². The number of hydrogen-bond donors (Lipinski definition) is 0. The number of piperidine rings is 2. The van der Waals surface area contributed by atoms with Crippen LogP contribution in [0.4, 0.5) is 5.95 Å². The van der Waals surface area contributed by atoms with Crippen molar-refractivity contribution in [1.29, 1.82) is 0 Å². The van der Waals surface area contributed by atoms with E-state index < -0.39 is 0 Å². The fraction of sp³-hybridized carbons (Fsp3) is 0.773. The lowest BCUT2D eigenvalue weighted by Gasteiger charge is -2.32. The summed E-state index contributed by atoms with van der Waals surface area (Å²) in [6, 6.07) is 0. The van der Waals surface area contributed by atoms with Crippen LogP contribution in [0, 0.1) is 17.8 Å². The van der Waals surface area contributed by atoms with E-state index in [1.165, 1.54) is 25.7 Å². The van der Waals surface area contributed by atoms with Crippen molar-refractivity contribution in [2.24, 2.45) is 17.8 Å². The number of carbonyl (C=O) groups is 1. The summed E-state index contributed by atoms with van der Waals surface area (Å²) in [6.07, 6.45) is 11.3. The zero-order valence-electron chi connectivity index (χ0n) is 17.4. The summed E-state index contributed by atoms with van der Waals surface area (Å²) >= 11 is 5.89. The first-order chi connectivity index (χ1) is 14.1. The van der Waals surface area contributed by atoms with E-state index in [0.717, 1.165) is 69.3 Å². The van der Waals surface area contributed by atoms with Gasteiger partial charge in [-0.05, 0) is 56.3 Å². The lowest BCUT2D eigenvalue weighted by molar-refractivity contribution is -0.133. The molecule has 3 heterocycles. The number of halogens is 1. The van der Waals surface area contributed by atoms with E-state index in [-0.39, 0.29) is 5.91 Å². The highest BCUT2D eigenvalue weighted by Gasteiger charge is 2.43. The summed E-state index contributed by atoms with van der Waals surface area (Å²) in [4.78, 5) is 24.7.